The van der Waals surface area contributed by atoms with Gasteiger partial charge in [0.25, 0.3) is 14.6 Å². The minimum absolute atomic E-state index is 0.0655. The number of hydrogen-bond donors (Lipinski definition) is 1. The van der Waals surface area contributed by atoms with Crippen LogP contribution in [0.3, 0.4) is 0 Å². The molecule has 0 radical (unpaired) electrons. The summed E-state index contributed by atoms with van der Waals surface area (Å²) in [6.45, 7) is 5.95. The maximum absolute atomic E-state index is 12.7. The Morgan fingerprint density at radius 3 is 2.64 bits per heavy atom. The first-order valence-electron chi connectivity index (χ1n) is 8.97. The fraction of sp³-hybridized carbons (Fsp3) is 0.389. The van der Waals surface area contributed by atoms with E-state index in [0.717, 1.165) is 6.42 Å². The highest BCUT2D eigenvalue weighted by molar-refractivity contribution is 8.13. The fourth-order valence-corrected chi connectivity index (χ4v) is 3.99. The maximum Gasteiger partial charge on any atom is 0.277 e. The van der Waals surface area contributed by atoms with Gasteiger partial charge in [-0.05, 0) is 31.9 Å². The van der Waals surface area contributed by atoms with Crippen molar-refractivity contribution in [3.63, 3.8) is 0 Å². The molecule has 28 heavy (non-hydrogen) atoms. The summed E-state index contributed by atoms with van der Waals surface area (Å²) >= 11 is 0. The van der Waals surface area contributed by atoms with E-state index in [1.165, 1.54) is 16.6 Å². The zero-order valence-corrected chi connectivity index (χ0v) is 17.4. The van der Waals surface area contributed by atoms with Gasteiger partial charge in [0.05, 0.1) is 17.9 Å². The van der Waals surface area contributed by atoms with Gasteiger partial charge in [0.15, 0.2) is 11.3 Å². The number of nitrogens with one attached hydrogen (secondary N) is 1. The summed E-state index contributed by atoms with van der Waals surface area (Å²) in [5.74, 6) is 0.913. The third kappa shape index (κ3) is 3.77. The normalized spacial score (nSPS) is 11.9. The van der Waals surface area contributed by atoms with Gasteiger partial charge in [-0.25, -0.2) is 17.9 Å². The Kier molecular flexibility index (Phi) is 5.76. The van der Waals surface area contributed by atoms with Gasteiger partial charge in [-0.3, -0.25) is 4.79 Å². The SMILES string of the molecule is CCCOc1c(-c2nn3c(CCC)nc(C)c3c(=O)[nH]2)cccc1S(=O)(=O)Cl. The summed E-state index contributed by atoms with van der Waals surface area (Å²) in [5.41, 5.74) is 0.925. The molecule has 0 saturated heterocycles. The molecule has 0 atom stereocenters. The number of ether oxygens (including phenoxy) is 1. The van der Waals surface area contributed by atoms with Crippen LogP contribution < -0.4 is 10.3 Å². The number of fused-ring (bicyclic) bond motifs is 1. The molecule has 3 rings (SSSR count). The Morgan fingerprint density at radius 2 is 2.00 bits per heavy atom. The molecule has 0 saturated carbocycles. The monoisotopic (exact) mass is 424 g/mol. The maximum atomic E-state index is 12.7. The van der Waals surface area contributed by atoms with Crippen LogP contribution in [0, 0.1) is 6.92 Å². The number of benzene rings is 1. The number of para-hydroxylation sites is 1. The Balaban J connectivity index is 2.30. The number of aryl methyl sites for hydroxylation is 2. The van der Waals surface area contributed by atoms with Crippen molar-refractivity contribution in [1.82, 2.24) is 19.6 Å². The molecule has 0 fully saturated rings. The molecule has 0 aliphatic heterocycles. The quantitative estimate of drug-likeness (QED) is 0.584. The summed E-state index contributed by atoms with van der Waals surface area (Å²) in [6.07, 6.45) is 2.16. The van der Waals surface area contributed by atoms with Crippen LogP contribution in [-0.2, 0) is 15.5 Å². The number of hydrogen-bond acceptors (Lipinski definition) is 6. The third-order valence-corrected chi connectivity index (χ3v) is 5.51. The minimum Gasteiger partial charge on any atom is -0.491 e. The fourth-order valence-electron chi connectivity index (χ4n) is 2.99. The van der Waals surface area contributed by atoms with Crippen LogP contribution in [-0.4, -0.2) is 34.6 Å². The molecule has 10 heteroatoms. The summed E-state index contributed by atoms with van der Waals surface area (Å²) in [4.78, 5) is 19.7. The highest BCUT2D eigenvalue weighted by Crippen LogP contribution is 2.35. The van der Waals surface area contributed by atoms with Gasteiger partial charge in [0.1, 0.15) is 16.5 Å². The average Bonchev–Trinajstić information content (AvgIpc) is 2.95. The van der Waals surface area contributed by atoms with Crippen molar-refractivity contribution >= 4 is 25.2 Å². The van der Waals surface area contributed by atoms with E-state index in [-0.39, 0.29) is 28.6 Å². The molecule has 3 aromatic rings. The van der Waals surface area contributed by atoms with Crippen molar-refractivity contribution in [3.05, 3.63) is 40.1 Å². The van der Waals surface area contributed by atoms with Crippen LogP contribution in [0.25, 0.3) is 16.9 Å². The van der Waals surface area contributed by atoms with Crippen LogP contribution in [0.4, 0.5) is 0 Å². The van der Waals surface area contributed by atoms with E-state index in [4.69, 9.17) is 15.4 Å². The number of aromatic nitrogens is 4. The van der Waals surface area contributed by atoms with E-state index < -0.39 is 9.05 Å². The molecule has 2 aromatic heterocycles. The van der Waals surface area contributed by atoms with Gasteiger partial charge in [0.2, 0.25) is 0 Å². The lowest BCUT2D eigenvalue weighted by Gasteiger charge is -2.14. The third-order valence-electron chi connectivity index (χ3n) is 4.16. The van der Waals surface area contributed by atoms with Crippen LogP contribution in [0.5, 0.6) is 5.75 Å². The van der Waals surface area contributed by atoms with Crippen molar-refractivity contribution in [2.75, 3.05) is 6.61 Å². The van der Waals surface area contributed by atoms with E-state index >= 15 is 0 Å². The first-order chi connectivity index (χ1) is 13.3. The first-order valence-corrected chi connectivity index (χ1v) is 11.3. The number of rotatable bonds is 7. The number of H-pyrrole nitrogens is 1. The van der Waals surface area contributed by atoms with Crippen LogP contribution in [0.2, 0.25) is 0 Å². The van der Waals surface area contributed by atoms with Crippen molar-refractivity contribution in [2.24, 2.45) is 0 Å². The summed E-state index contributed by atoms with van der Waals surface area (Å²) in [7, 11) is 1.53. The second kappa shape index (κ2) is 7.92. The van der Waals surface area contributed by atoms with Crippen molar-refractivity contribution < 1.29 is 13.2 Å². The Labute approximate surface area is 166 Å². The Morgan fingerprint density at radius 1 is 1.25 bits per heavy atom. The molecule has 8 nitrogen and oxygen atoms in total. The molecule has 0 bridgehead atoms. The summed E-state index contributed by atoms with van der Waals surface area (Å²) in [6, 6.07) is 4.51. The van der Waals surface area contributed by atoms with Gasteiger partial charge in [-0.15, -0.1) is 5.10 Å². The van der Waals surface area contributed by atoms with Gasteiger partial charge >= 0.3 is 0 Å². The molecule has 150 valence electrons. The standard InChI is InChI=1S/C18H21ClN4O4S/c1-4-7-14-20-11(3)15-18(24)21-17(22-23(14)15)12-8-6-9-13(28(19,25)26)16(12)27-10-5-2/h6,8-9H,4-5,7,10H2,1-3H3,(H,21,22,24). The van der Waals surface area contributed by atoms with Gasteiger partial charge in [-0.1, -0.05) is 19.9 Å². The van der Waals surface area contributed by atoms with Crippen molar-refractivity contribution in [1.29, 1.82) is 0 Å². The summed E-state index contributed by atoms with van der Waals surface area (Å²) < 4.78 is 31.2. The van der Waals surface area contributed by atoms with E-state index in [0.29, 0.717) is 35.4 Å². The highest BCUT2D eigenvalue weighted by Gasteiger charge is 2.23. The molecule has 1 aromatic carbocycles. The first kappa shape index (κ1) is 20.3. The van der Waals surface area contributed by atoms with E-state index in [1.54, 1.807) is 13.0 Å². The lowest BCUT2D eigenvalue weighted by Crippen LogP contribution is -2.16. The second-order valence-electron chi connectivity index (χ2n) is 6.35. The lowest BCUT2D eigenvalue weighted by atomic mass is 10.2. The number of aromatic amines is 1. The number of halogens is 1. The topological polar surface area (TPSA) is 106 Å². The number of imidazole rings is 1. The van der Waals surface area contributed by atoms with Crippen molar-refractivity contribution in [3.8, 4) is 17.1 Å². The second-order valence-corrected chi connectivity index (χ2v) is 8.88. The molecule has 2 heterocycles. The van der Waals surface area contributed by atoms with E-state index in [2.05, 4.69) is 15.1 Å². The average molecular weight is 425 g/mol. The van der Waals surface area contributed by atoms with Crippen LogP contribution in [0.15, 0.2) is 27.9 Å². The number of nitrogens with zero attached hydrogens (tertiary/aromatic N) is 3. The van der Waals surface area contributed by atoms with Crippen LogP contribution in [0.1, 0.15) is 38.2 Å². The molecule has 0 unspecified atom stereocenters. The van der Waals surface area contributed by atoms with Gasteiger partial charge in [-0.2, -0.15) is 0 Å². The zero-order chi connectivity index (χ0) is 20.5. The smallest absolute Gasteiger partial charge is 0.277 e. The lowest BCUT2D eigenvalue weighted by molar-refractivity contribution is 0.310. The molecule has 0 aliphatic rings. The zero-order valence-electron chi connectivity index (χ0n) is 15.8. The predicted octanol–water partition coefficient (Wildman–Crippen LogP) is 3.06. The molecule has 0 amide bonds. The predicted molar refractivity (Wildman–Crippen MR) is 107 cm³/mol. The molecule has 0 aliphatic carbocycles. The Hall–Kier alpha value is -2.39. The molecular formula is C18H21ClN4O4S. The highest BCUT2D eigenvalue weighted by atomic mass is 35.7. The minimum atomic E-state index is -4.05. The van der Waals surface area contributed by atoms with Gasteiger partial charge < -0.3 is 9.72 Å². The van der Waals surface area contributed by atoms with E-state index in [9.17, 15) is 13.2 Å². The van der Waals surface area contributed by atoms with Crippen molar-refractivity contribution in [2.45, 2.75) is 44.9 Å². The van der Waals surface area contributed by atoms with Crippen LogP contribution >= 0.6 is 10.7 Å². The largest absolute Gasteiger partial charge is 0.491 e. The van der Waals surface area contributed by atoms with Gasteiger partial charge in [0, 0.05) is 17.1 Å². The molecule has 0 spiro atoms. The summed E-state index contributed by atoms with van der Waals surface area (Å²) in [5, 5.41) is 4.52. The Bertz CT molecular complexity index is 1180. The molecule has 1 N–H and O–H groups in total. The van der Waals surface area contributed by atoms with E-state index in [1.807, 2.05) is 13.8 Å². The molecular weight excluding hydrogens is 404 g/mol.